The minimum atomic E-state index is 1.14. The highest BCUT2D eigenvalue weighted by Gasteiger charge is 2.05. The average Bonchev–Trinajstić information content (AvgIpc) is 2.62. The molecule has 103 valence electrons. The highest BCUT2D eigenvalue weighted by atomic mass is 14.1. The van der Waals surface area contributed by atoms with E-state index in [1.165, 1.54) is 27.5 Å². The third-order valence-corrected chi connectivity index (χ3v) is 3.99. The molecule has 0 aliphatic rings. The highest BCUT2D eigenvalue weighted by molar-refractivity contribution is 5.97. The van der Waals surface area contributed by atoms with Crippen molar-refractivity contribution in [1.29, 1.82) is 0 Å². The van der Waals surface area contributed by atoms with Gasteiger partial charge in [-0.05, 0) is 45.2 Å². The van der Waals surface area contributed by atoms with Gasteiger partial charge in [-0.2, -0.15) is 0 Å². The molecule has 4 aromatic carbocycles. The molecule has 0 nitrogen and oxygen atoms in total. The molecule has 0 heteroatoms. The largest absolute Gasteiger partial charge is 0.0622 e. The van der Waals surface area contributed by atoms with Crippen LogP contribution in [0, 0.1) is 6.07 Å². The molecule has 4 aromatic rings. The summed E-state index contributed by atoms with van der Waals surface area (Å²) in [5, 5.41) is 2.53. The molecule has 0 aromatic heterocycles. The van der Waals surface area contributed by atoms with Gasteiger partial charge in [-0.1, -0.05) is 84.9 Å². The Bertz CT molecular complexity index is 915. The molecule has 0 N–H and O–H groups in total. The predicted octanol–water partition coefficient (Wildman–Crippen LogP) is 5.97. The van der Waals surface area contributed by atoms with Crippen molar-refractivity contribution < 1.29 is 0 Å². The number of hydrogen-bond acceptors (Lipinski definition) is 0. The Labute approximate surface area is 130 Å². The van der Waals surface area contributed by atoms with E-state index in [0.29, 0.717) is 0 Å². The van der Waals surface area contributed by atoms with Crippen molar-refractivity contribution in [3.05, 3.63) is 97.1 Å². The fourth-order valence-corrected chi connectivity index (χ4v) is 2.89. The van der Waals surface area contributed by atoms with Gasteiger partial charge >= 0.3 is 0 Å². The van der Waals surface area contributed by atoms with Crippen LogP contribution >= 0.6 is 0 Å². The molecule has 0 bridgehead atoms. The maximum atomic E-state index is 3.39. The maximum absolute atomic E-state index is 3.39. The van der Waals surface area contributed by atoms with Crippen LogP contribution in [0.2, 0.25) is 0 Å². The summed E-state index contributed by atoms with van der Waals surface area (Å²) in [6, 6.07) is 35.1. The second-order valence-electron chi connectivity index (χ2n) is 5.38. The van der Waals surface area contributed by atoms with E-state index in [1.807, 2.05) is 12.1 Å². The topological polar surface area (TPSA) is 0 Å². The normalized spacial score (nSPS) is 10.7. The number of hydrogen-bond donors (Lipinski definition) is 0. The van der Waals surface area contributed by atoms with Gasteiger partial charge in [0.05, 0.1) is 0 Å². The summed E-state index contributed by atoms with van der Waals surface area (Å²) in [6.45, 7) is 0. The summed E-state index contributed by atoms with van der Waals surface area (Å²) >= 11 is 0. The van der Waals surface area contributed by atoms with Crippen LogP contribution in [0.1, 0.15) is 0 Å². The average molecular weight is 279 g/mol. The van der Waals surface area contributed by atoms with Crippen molar-refractivity contribution >= 4 is 10.8 Å². The smallest absolute Gasteiger partial charge is 0.00928 e. The Morgan fingerprint density at radius 2 is 1.36 bits per heavy atom. The summed E-state index contributed by atoms with van der Waals surface area (Å²) in [5.74, 6) is 0. The van der Waals surface area contributed by atoms with Crippen molar-refractivity contribution in [2.45, 2.75) is 0 Å². The van der Waals surface area contributed by atoms with Crippen LogP contribution in [0.3, 0.4) is 0 Å². The van der Waals surface area contributed by atoms with E-state index < -0.39 is 0 Å². The minimum absolute atomic E-state index is 1.14. The highest BCUT2D eigenvalue weighted by Crippen LogP contribution is 2.31. The molecule has 0 aliphatic carbocycles. The molecule has 0 heterocycles. The zero-order valence-corrected chi connectivity index (χ0v) is 12.2. The lowest BCUT2D eigenvalue weighted by atomic mass is 9.95. The van der Waals surface area contributed by atoms with E-state index in [1.54, 1.807) is 0 Å². The van der Waals surface area contributed by atoms with Gasteiger partial charge in [-0.3, -0.25) is 0 Å². The van der Waals surface area contributed by atoms with Crippen molar-refractivity contribution in [2.24, 2.45) is 0 Å². The van der Waals surface area contributed by atoms with Crippen molar-refractivity contribution in [1.82, 2.24) is 0 Å². The molecule has 4 rings (SSSR count). The van der Waals surface area contributed by atoms with E-state index in [9.17, 15) is 0 Å². The summed E-state index contributed by atoms with van der Waals surface area (Å²) < 4.78 is 0. The van der Waals surface area contributed by atoms with Gasteiger partial charge in [-0.15, -0.1) is 0 Å². The van der Waals surface area contributed by atoms with E-state index in [2.05, 4.69) is 84.9 Å². The van der Waals surface area contributed by atoms with E-state index in [0.717, 1.165) is 5.56 Å². The molecule has 1 radical (unpaired) electrons. The lowest BCUT2D eigenvalue weighted by Gasteiger charge is -2.09. The van der Waals surface area contributed by atoms with E-state index in [4.69, 9.17) is 0 Å². The second-order valence-corrected chi connectivity index (χ2v) is 5.38. The van der Waals surface area contributed by atoms with Gasteiger partial charge in [0, 0.05) is 0 Å². The summed E-state index contributed by atoms with van der Waals surface area (Å²) in [4.78, 5) is 0. The SMILES string of the molecule is [c]1ccc(-c2ccccc2)cc1-c1cccc2ccccc12. The Morgan fingerprint density at radius 3 is 2.27 bits per heavy atom. The molecule has 0 spiro atoms. The van der Waals surface area contributed by atoms with Crippen LogP contribution in [0.5, 0.6) is 0 Å². The van der Waals surface area contributed by atoms with Crippen LogP contribution in [0.25, 0.3) is 33.0 Å². The van der Waals surface area contributed by atoms with Gasteiger partial charge < -0.3 is 0 Å². The first-order valence-electron chi connectivity index (χ1n) is 7.47. The van der Waals surface area contributed by atoms with Crippen LogP contribution < -0.4 is 0 Å². The first-order chi connectivity index (χ1) is 10.9. The molecular formula is C22H15. The Kier molecular flexibility index (Phi) is 3.21. The molecule has 0 aliphatic heterocycles. The second kappa shape index (κ2) is 5.50. The zero-order valence-electron chi connectivity index (χ0n) is 12.2. The number of benzene rings is 4. The summed E-state index contributed by atoms with van der Waals surface area (Å²) in [6.07, 6.45) is 0. The summed E-state index contributed by atoms with van der Waals surface area (Å²) in [7, 11) is 0. The van der Waals surface area contributed by atoms with Crippen molar-refractivity contribution in [3.63, 3.8) is 0 Å². The fraction of sp³-hybridized carbons (Fsp3) is 0. The first kappa shape index (κ1) is 12.8. The monoisotopic (exact) mass is 279 g/mol. The molecule has 0 saturated carbocycles. The summed E-state index contributed by atoms with van der Waals surface area (Å²) in [5.41, 5.74) is 4.83. The van der Waals surface area contributed by atoms with Crippen molar-refractivity contribution in [3.8, 4) is 22.3 Å². The van der Waals surface area contributed by atoms with Crippen LogP contribution in [0.15, 0.2) is 91.0 Å². The Hall–Kier alpha value is -2.86. The third-order valence-electron chi connectivity index (χ3n) is 3.99. The van der Waals surface area contributed by atoms with Crippen LogP contribution in [-0.2, 0) is 0 Å². The van der Waals surface area contributed by atoms with Crippen LogP contribution in [-0.4, -0.2) is 0 Å². The van der Waals surface area contributed by atoms with Crippen LogP contribution in [0.4, 0.5) is 0 Å². The number of fused-ring (bicyclic) bond motifs is 1. The van der Waals surface area contributed by atoms with Gasteiger partial charge in [0.25, 0.3) is 0 Å². The Morgan fingerprint density at radius 1 is 0.591 bits per heavy atom. The minimum Gasteiger partial charge on any atom is -0.0622 e. The lowest BCUT2D eigenvalue weighted by molar-refractivity contribution is 1.59. The third kappa shape index (κ3) is 2.29. The molecular weight excluding hydrogens is 264 g/mol. The quantitative estimate of drug-likeness (QED) is 0.424. The lowest BCUT2D eigenvalue weighted by Crippen LogP contribution is -1.83. The standard InChI is InChI=1S/C22H15/c1-2-8-17(9-3-1)19-12-6-13-20(16-19)22-15-7-11-18-10-4-5-14-21(18)22/h1-12,14-16H. The predicted molar refractivity (Wildman–Crippen MR) is 93.7 cm³/mol. The molecule has 0 atom stereocenters. The fourth-order valence-electron chi connectivity index (χ4n) is 2.89. The molecule has 0 fully saturated rings. The first-order valence-corrected chi connectivity index (χ1v) is 7.47. The van der Waals surface area contributed by atoms with Gasteiger partial charge in [-0.25, -0.2) is 0 Å². The van der Waals surface area contributed by atoms with Gasteiger partial charge in [0.1, 0.15) is 0 Å². The molecule has 0 unspecified atom stereocenters. The molecule has 0 saturated heterocycles. The number of rotatable bonds is 2. The molecule has 0 amide bonds. The Balaban J connectivity index is 1.89. The zero-order chi connectivity index (χ0) is 14.8. The molecule has 22 heavy (non-hydrogen) atoms. The van der Waals surface area contributed by atoms with Gasteiger partial charge in [0.15, 0.2) is 0 Å². The maximum Gasteiger partial charge on any atom is -0.00928 e. The van der Waals surface area contributed by atoms with E-state index in [-0.39, 0.29) is 0 Å². The van der Waals surface area contributed by atoms with Gasteiger partial charge in [0.2, 0.25) is 0 Å². The van der Waals surface area contributed by atoms with Crippen molar-refractivity contribution in [2.75, 3.05) is 0 Å². The van der Waals surface area contributed by atoms with E-state index >= 15 is 0 Å².